The predicted molar refractivity (Wildman–Crippen MR) is 113 cm³/mol. The molecule has 0 N–H and O–H groups in total. The molecule has 0 radical (unpaired) electrons. The first kappa shape index (κ1) is 19.8. The minimum atomic E-state index is -0.201. The van der Waals surface area contributed by atoms with E-state index in [-0.39, 0.29) is 11.2 Å². The molecule has 0 bridgehead atoms. The Labute approximate surface area is 175 Å². The molecular weight excluding hydrogens is 384 g/mol. The summed E-state index contributed by atoms with van der Waals surface area (Å²) in [7, 11) is 1.90. The van der Waals surface area contributed by atoms with E-state index in [0.29, 0.717) is 17.5 Å². The van der Waals surface area contributed by atoms with Crippen LogP contribution in [0.15, 0.2) is 58.3 Å². The van der Waals surface area contributed by atoms with Crippen LogP contribution in [0.4, 0.5) is 0 Å². The van der Waals surface area contributed by atoms with Crippen LogP contribution in [0, 0.1) is 5.92 Å². The van der Waals surface area contributed by atoms with Gasteiger partial charge in [-0.2, -0.15) is 0 Å². The summed E-state index contributed by atoms with van der Waals surface area (Å²) in [4.78, 5) is 14.9. The SMILES string of the molecule is C[C@H](Sc1nnc(-c2ccco2)n1C)C(=O)N1CCC(Cc2ccccc2)CC1. The molecule has 1 atom stereocenters. The van der Waals surface area contributed by atoms with Crippen LogP contribution in [-0.4, -0.2) is 43.9 Å². The molecule has 1 aromatic carbocycles. The number of carbonyl (C=O) groups is 1. The van der Waals surface area contributed by atoms with E-state index >= 15 is 0 Å². The molecule has 3 heterocycles. The maximum atomic E-state index is 12.9. The molecule has 1 amide bonds. The topological polar surface area (TPSA) is 64.2 Å². The minimum absolute atomic E-state index is 0.177. The Kier molecular flexibility index (Phi) is 6.04. The maximum Gasteiger partial charge on any atom is 0.235 e. The van der Waals surface area contributed by atoms with Crippen LogP contribution in [0.25, 0.3) is 11.6 Å². The summed E-state index contributed by atoms with van der Waals surface area (Å²) in [5.74, 6) is 2.17. The fraction of sp³-hybridized carbons (Fsp3) is 0.409. The molecule has 0 aliphatic carbocycles. The lowest BCUT2D eigenvalue weighted by Gasteiger charge is -2.33. The molecule has 0 spiro atoms. The minimum Gasteiger partial charge on any atom is -0.461 e. The average molecular weight is 411 g/mol. The highest BCUT2D eigenvalue weighted by Crippen LogP contribution is 2.28. The maximum absolute atomic E-state index is 12.9. The second-order valence-electron chi connectivity index (χ2n) is 7.56. The highest BCUT2D eigenvalue weighted by Gasteiger charge is 2.28. The van der Waals surface area contributed by atoms with Crippen molar-refractivity contribution in [3.05, 3.63) is 54.3 Å². The number of hydrogen-bond donors (Lipinski definition) is 0. The number of carbonyl (C=O) groups excluding carboxylic acids is 1. The van der Waals surface area contributed by atoms with Crippen molar-refractivity contribution in [2.45, 2.75) is 36.6 Å². The van der Waals surface area contributed by atoms with E-state index < -0.39 is 0 Å². The van der Waals surface area contributed by atoms with Gasteiger partial charge >= 0.3 is 0 Å². The van der Waals surface area contributed by atoms with Crippen LogP contribution in [0.1, 0.15) is 25.3 Å². The first-order valence-electron chi connectivity index (χ1n) is 10.0. The number of rotatable bonds is 6. The number of thioether (sulfide) groups is 1. The highest BCUT2D eigenvalue weighted by atomic mass is 32.2. The summed E-state index contributed by atoms with van der Waals surface area (Å²) in [5, 5.41) is 8.97. The number of furan rings is 1. The van der Waals surface area contributed by atoms with Crippen molar-refractivity contribution < 1.29 is 9.21 Å². The van der Waals surface area contributed by atoms with Crippen LogP contribution < -0.4 is 0 Å². The van der Waals surface area contributed by atoms with Gasteiger partial charge in [-0.25, -0.2) is 0 Å². The first-order chi connectivity index (χ1) is 14.1. The largest absolute Gasteiger partial charge is 0.461 e. The third-order valence-electron chi connectivity index (χ3n) is 5.50. The Morgan fingerprint density at radius 1 is 1.17 bits per heavy atom. The molecule has 7 heteroatoms. The summed E-state index contributed by atoms with van der Waals surface area (Å²) >= 11 is 1.45. The van der Waals surface area contributed by atoms with Gasteiger partial charge in [0.05, 0.1) is 11.5 Å². The van der Waals surface area contributed by atoms with Crippen LogP contribution in [0.5, 0.6) is 0 Å². The lowest BCUT2D eigenvalue weighted by atomic mass is 9.90. The van der Waals surface area contributed by atoms with Gasteiger partial charge in [0, 0.05) is 20.1 Å². The van der Waals surface area contributed by atoms with Crippen molar-refractivity contribution in [1.82, 2.24) is 19.7 Å². The molecule has 152 valence electrons. The van der Waals surface area contributed by atoms with E-state index in [9.17, 15) is 4.79 Å². The van der Waals surface area contributed by atoms with Gasteiger partial charge in [-0.05, 0) is 49.8 Å². The predicted octanol–water partition coefficient (Wildman–Crippen LogP) is 4.04. The van der Waals surface area contributed by atoms with Crippen molar-refractivity contribution in [3.63, 3.8) is 0 Å². The van der Waals surface area contributed by atoms with Crippen LogP contribution in [-0.2, 0) is 18.3 Å². The number of likely N-dealkylation sites (tertiary alicyclic amines) is 1. The number of benzene rings is 1. The molecule has 29 heavy (non-hydrogen) atoms. The Balaban J connectivity index is 1.31. The zero-order chi connectivity index (χ0) is 20.2. The number of amides is 1. The van der Waals surface area contributed by atoms with E-state index in [2.05, 4.69) is 40.5 Å². The number of aromatic nitrogens is 3. The Morgan fingerprint density at radius 3 is 2.62 bits per heavy atom. The van der Waals surface area contributed by atoms with Gasteiger partial charge in [0.1, 0.15) is 0 Å². The van der Waals surface area contributed by atoms with Crippen LogP contribution >= 0.6 is 11.8 Å². The third-order valence-corrected chi connectivity index (χ3v) is 6.62. The van der Waals surface area contributed by atoms with E-state index in [0.717, 1.165) is 37.5 Å². The summed E-state index contributed by atoms with van der Waals surface area (Å²) in [6, 6.07) is 14.3. The van der Waals surface area contributed by atoms with Gasteiger partial charge in [-0.15, -0.1) is 10.2 Å². The van der Waals surface area contributed by atoms with Gasteiger partial charge in [0.25, 0.3) is 0 Å². The molecule has 6 nitrogen and oxygen atoms in total. The van der Waals surface area contributed by atoms with Crippen LogP contribution in [0.2, 0.25) is 0 Å². The summed E-state index contributed by atoms with van der Waals surface area (Å²) in [6.45, 7) is 3.61. The second kappa shape index (κ2) is 8.86. The molecule has 3 aromatic rings. The highest BCUT2D eigenvalue weighted by molar-refractivity contribution is 8.00. The third kappa shape index (κ3) is 4.56. The lowest BCUT2D eigenvalue weighted by molar-refractivity contribution is -0.131. The Hall–Kier alpha value is -2.54. The number of hydrogen-bond acceptors (Lipinski definition) is 5. The van der Waals surface area contributed by atoms with Gasteiger partial charge in [0.2, 0.25) is 5.91 Å². The molecule has 0 saturated carbocycles. The van der Waals surface area contributed by atoms with Crippen molar-refractivity contribution in [3.8, 4) is 11.6 Å². The molecule has 1 saturated heterocycles. The normalized spacial score (nSPS) is 16.1. The van der Waals surface area contributed by atoms with Crippen molar-refractivity contribution in [2.75, 3.05) is 13.1 Å². The van der Waals surface area contributed by atoms with Crippen LogP contribution in [0.3, 0.4) is 0 Å². The van der Waals surface area contributed by atoms with E-state index in [1.165, 1.54) is 17.3 Å². The smallest absolute Gasteiger partial charge is 0.235 e. The zero-order valence-electron chi connectivity index (χ0n) is 16.8. The van der Waals surface area contributed by atoms with E-state index in [1.54, 1.807) is 6.26 Å². The second-order valence-corrected chi connectivity index (χ2v) is 8.87. The average Bonchev–Trinajstić information content (AvgIpc) is 3.39. The van der Waals surface area contributed by atoms with Gasteiger partial charge < -0.3 is 13.9 Å². The summed E-state index contributed by atoms with van der Waals surface area (Å²) in [5.41, 5.74) is 1.39. The van der Waals surface area contributed by atoms with E-state index in [4.69, 9.17) is 4.42 Å². The van der Waals surface area contributed by atoms with Crippen molar-refractivity contribution in [2.24, 2.45) is 13.0 Å². The zero-order valence-corrected chi connectivity index (χ0v) is 17.6. The van der Waals surface area contributed by atoms with Crippen molar-refractivity contribution >= 4 is 17.7 Å². The molecule has 4 rings (SSSR count). The lowest BCUT2D eigenvalue weighted by Crippen LogP contribution is -2.42. The quantitative estimate of drug-likeness (QED) is 0.574. The van der Waals surface area contributed by atoms with Gasteiger partial charge in [-0.3, -0.25) is 4.79 Å². The summed E-state index contributed by atoms with van der Waals surface area (Å²) in [6.07, 6.45) is 4.83. The van der Waals surface area contributed by atoms with Crippen molar-refractivity contribution in [1.29, 1.82) is 0 Å². The fourth-order valence-corrected chi connectivity index (χ4v) is 4.71. The first-order valence-corrected chi connectivity index (χ1v) is 10.9. The summed E-state index contributed by atoms with van der Waals surface area (Å²) < 4.78 is 7.28. The van der Waals surface area contributed by atoms with Gasteiger partial charge in [-0.1, -0.05) is 42.1 Å². The molecule has 1 aliphatic heterocycles. The molecule has 1 aliphatic rings. The monoisotopic (exact) mass is 410 g/mol. The molecular formula is C22H26N4O2S. The molecule has 0 unspecified atom stereocenters. The fourth-order valence-electron chi connectivity index (χ4n) is 3.81. The number of nitrogens with zero attached hydrogens (tertiary/aromatic N) is 4. The Morgan fingerprint density at radius 2 is 1.93 bits per heavy atom. The Bertz CT molecular complexity index is 931. The molecule has 1 fully saturated rings. The van der Waals surface area contributed by atoms with Gasteiger partial charge in [0.15, 0.2) is 16.7 Å². The number of piperidine rings is 1. The standard InChI is InChI=1S/C22H26N4O2S/c1-16(29-22-24-23-20(25(22)2)19-9-6-14-28-19)21(27)26-12-10-18(11-13-26)15-17-7-4-3-5-8-17/h3-9,14,16,18H,10-13,15H2,1-2H3/t16-/m0/s1. The van der Waals surface area contributed by atoms with E-state index in [1.807, 2.05) is 35.6 Å². The molecule has 2 aromatic heterocycles.